The predicted molar refractivity (Wildman–Crippen MR) is 76.4 cm³/mol. The summed E-state index contributed by atoms with van der Waals surface area (Å²) in [5.74, 6) is -1.08. The Kier molecular flexibility index (Phi) is 6.48. The summed E-state index contributed by atoms with van der Waals surface area (Å²) in [6.45, 7) is 3.91. The summed E-state index contributed by atoms with van der Waals surface area (Å²) in [5.41, 5.74) is 0.920. The lowest BCUT2D eigenvalue weighted by Crippen LogP contribution is -2.08. The Morgan fingerprint density at radius 2 is 1.81 bits per heavy atom. The van der Waals surface area contributed by atoms with E-state index in [1.807, 2.05) is 0 Å². The average Bonchev–Trinajstić information content (AvgIpc) is 2.49. The number of hydrogen-bond acceptors (Lipinski definition) is 6. The second-order valence-electron chi connectivity index (χ2n) is 3.83. The summed E-state index contributed by atoms with van der Waals surface area (Å²) in [6.07, 6.45) is 1.26. The van der Waals surface area contributed by atoms with Crippen LogP contribution in [0, 0.1) is 11.3 Å². The van der Waals surface area contributed by atoms with Gasteiger partial charge in [0.2, 0.25) is 0 Å². The second kappa shape index (κ2) is 8.38. The first kappa shape index (κ1) is 16.2. The largest absolute Gasteiger partial charge is 0.462 e. The van der Waals surface area contributed by atoms with Crippen molar-refractivity contribution in [3.8, 4) is 6.07 Å². The molecule has 21 heavy (non-hydrogen) atoms. The lowest BCUT2D eigenvalue weighted by atomic mass is 10.2. The predicted octanol–water partition coefficient (Wildman–Crippen LogP) is 2.25. The van der Waals surface area contributed by atoms with Crippen LogP contribution in [0.3, 0.4) is 0 Å². The van der Waals surface area contributed by atoms with E-state index >= 15 is 0 Å². The first-order chi connectivity index (χ1) is 10.1. The topological polar surface area (TPSA) is 88.4 Å². The standard InChI is InChI=1S/C15H16N2O4/c1-3-20-14(18)11-5-7-13(8-6-11)17-10-12(9-16)15(19)21-4-2/h5-8,10,17H,3-4H2,1-2H3/b12-10+. The van der Waals surface area contributed by atoms with Crippen LogP contribution in [0.25, 0.3) is 0 Å². The number of rotatable bonds is 6. The molecule has 0 unspecified atom stereocenters. The number of anilines is 1. The molecular formula is C15H16N2O4. The monoisotopic (exact) mass is 288 g/mol. The first-order valence-corrected chi connectivity index (χ1v) is 6.43. The molecule has 0 radical (unpaired) electrons. The highest BCUT2D eigenvalue weighted by Gasteiger charge is 2.09. The number of nitriles is 1. The molecule has 0 saturated carbocycles. The van der Waals surface area contributed by atoms with Crippen molar-refractivity contribution in [2.24, 2.45) is 0 Å². The molecule has 0 aliphatic carbocycles. The minimum atomic E-state index is -0.685. The van der Waals surface area contributed by atoms with Crippen molar-refractivity contribution in [1.29, 1.82) is 5.26 Å². The van der Waals surface area contributed by atoms with Gasteiger partial charge < -0.3 is 14.8 Å². The van der Waals surface area contributed by atoms with Crippen molar-refractivity contribution in [2.75, 3.05) is 18.5 Å². The van der Waals surface area contributed by atoms with E-state index in [-0.39, 0.29) is 12.2 Å². The molecular weight excluding hydrogens is 272 g/mol. The van der Waals surface area contributed by atoms with Crippen LogP contribution in [-0.2, 0) is 14.3 Å². The maximum absolute atomic E-state index is 11.5. The Balaban J connectivity index is 2.73. The van der Waals surface area contributed by atoms with E-state index < -0.39 is 11.9 Å². The lowest BCUT2D eigenvalue weighted by Gasteiger charge is -2.05. The molecule has 0 bridgehead atoms. The zero-order valence-electron chi connectivity index (χ0n) is 11.9. The van der Waals surface area contributed by atoms with Crippen molar-refractivity contribution in [2.45, 2.75) is 13.8 Å². The quantitative estimate of drug-likeness (QED) is 0.490. The van der Waals surface area contributed by atoms with Crippen molar-refractivity contribution in [1.82, 2.24) is 0 Å². The summed E-state index contributed by atoms with van der Waals surface area (Å²) < 4.78 is 9.60. The number of benzene rings is 1. The fourth-order valence-corrected chi connectivity index (χ4v) is 1.42. The van der Waals surface area contributed by atoms with Crippen LogP contribution >= 0.6 is 0 Å². The molecule has 110 valence electrons. The number of ether oxygens (including phenoxy) is 2. The van der Waals surface area contributed by atoms with Crippen LogP contribution < -0.4 is 5.32 Å². The molecule has 0 amide bonds. The third kappa shape index (κ3) is 4.99. The molecule has 0 heterocycles. The van der Waals surface area contributed by atoms with Gasteiger partial charge in [0.1, 0.15) is 6.07 Å². The van der Waals surface area contributed by atoms with Crippen LogP contribution in [-0.4, -0.2) is 25.2 Å². The summed E-state index contributed by atoms with van der Waals surface area (Å²) in [6, 6.07) is 8.21. The van der Waals surface area contributed by atoms with Gasteiger partial charge in [0.25, 0.3) is 0 Å². The van der Waals surface area contributed by atoms with Gasteiger partial charge in [0, 0.05) is 11.9 Å². The fraction of sp³-hybridized carbons (Fsp3) is 0.267. The zero-order valence-corrected chi connectivity index (χ0v) is 11.9. The number of esters is 2. The summed E-state index contributed by atoms with van der Waals surface area (Å²) in [4.78, 5) is 22.9. The molecule has 1 N–H and O–H groups in total. The molecule has 1 aromatic carbocycles. The van der Waals surface area contributed by atoms with Gasteiger partial charge in [-0.3, -0.25) is 0 Å². The van der Waals surface area contributed by atoms with E-state index in [1.54, 1.807) is 44.2 Å². The second-order valence-corrected chi connectivity index (χ2v) is 3.83. The van der Waals surface area contributed by atoms with E-state index in [0.717, 1.165) is 0 Å². The molecule has 6 nitrogen and oxygen atoms in total. The molecule has 0 spiro atoms. The minimum Gasteiger partial charge on any atom is -0.462 e. The van der Waals surface area contributed by atoms with E-state index in [2.05, 4.69) is 5.32 Å². The van der Waals surface area contributed by atoms with Gasteiger partial charge in [-0.2, -0.15) is 5.26 Å². The minimum absolute atomic E-state index is 0.133. The van der Waals surface area contributed by atoms with Crippen molar-refractivity contribution in [3.05, 3.63) is 41.6 Å². The molecule has 0 atom stereocenters. The van der Waals surface area contributed by atoms with E-state index in [0.29, 0.717) is 17.9 Å². The van der Waals surface area contributed by atoms with Crippen LogP contribution in [0.2, 0.25) is 0 Å². The SMILES string of the molecule is CCOC(=O)/C(C#N)=C/Nc1ccc(C(=O)OCC)cc1. The van der Waals surface area contributed by atoms with Gasteiger partial charge in [-0.1, -0.05) is 0 Å². The summed E-state index contributed by atoms with van der Waals surface area (Å²) in [5, 5.41) is 11.7. The third-order valence-electron chi connectivity index (χ3n) is 2.40. The number of nitrogens with zero attached hydrogens (tertiary/aromatic N) is 1. The van der Waals surface area contributed by atoms with Gasteiger partial charge in [-0.15, -0.1) is 0 Å². The Hall–Kier alpha value is -2.81. The summed E-state index contributed by atoms with van der Waals surface area (Å²) in [7, 11) is 0. The van der Waals surface area contributed by atoms with Gasteiger partial charge in [-0.05, 0) is 38.1 Å². The van der Waals surface area contributed by atoms with Crippen LogP contribution in [0.5, 0.6) is 0 Å². The maximum Gasteiger partial charge on any atom is 0.350 e. The van der Waals surface area contributed by atoms with Gasteiger partial charge >= 0.3 is 11.9 Å². The molecule has 0 aromatic heterocycles. The highest BCUT2D eigenvalue weighted by atomic mass is 16.5. The highest BCUT2D eigenvalue weighted by Crippen LogP contribution is 2.11. The first-order valence-electron chi connectivity index (χ1n) is 6.43. The van der Waals surface area contributed by atoms with Crippen LogP contribution in [0.1, 0.15) is 24.2 Å². The van der Waals surface area contributed by atoms with Crippen LogP contribution in [0.15, 0.2) is 36.0 Å². The zero-order chi connectivity index (χ0) is 15.7. The smallest absolute Gasteiger partial charge is 0.350 e. The van der Waals surface area contributed by atoms with Crippen molar-refractivity contribution >= 4 is 17.6 Å². The Bertz CT molecular complexity index is 570. The molecule has 0 aliphatic rings. The Morgan fingerprint density at radius 3 is 2.33 bits per heavy atom. The molecule has 1 rings (SSSR count). The van der Waals surface area contributed by atoms with E-state index in [1.165, 1.54) is 6.20 Å². The lowest BCUT2D eigenvalue weighted by molar-refractivity contribution is -0.138. The molecule has 0 saturated heterocycles. The Morgan fingerprint density at radius 1 is 1.19 bits per heavy atom. The van der Waals surface area contributed by atoms with Crippen molar-refractivity contribution < 1.29 is 19.1 Å². The van der Waals surface area contributed by atoms with Crippen molar-refractivity contribution in [3.63, 3.8) is 0 Å². The molecule has 0 aliphatic heterocycles. The molecule has 6 heteroatoms. The molecule has 0 fully saturated rings. The number of carbonyl (C=O) groups excluding carboxylic acids is 2. The number of hydrogen-bond donors (Lipinski definition) is 1. The highest BCUT2D eigenvalue weighted by molar-refractivity contribution is 5.93. The normalized spacial score (nSPS) is 10.4. The molecule has 1 aromatic rings. The maximum atomic E-state index is 11.5. The third-order valence-corrected chi connectivity index (χ3v) is 2.40. The Labute approximate surface area is 123 Å². The van der Waals surface area contributed by atoms with Crippen LogP contribution in [0.4, 0.5) is 5.69 Å². The van der Waals surface area contributed by atoms with Gasteiger partial charge in [0.15, 0.2) is 5.57 Å². The summed E-state index contributed by atoms with van der Waals surface area (Å²) >= 11 is 0. The average molecular weight is 288 g/mol. The fourth-order valence-electron chi connectivity index (χ4n) is 1.42. The number of nitrogens with one attached hydrogen (secondary N) is 1. The van der Waals surface area contributed by atoms with E-state index in [4.69, 9.17) is 14.7 Å². The van der Waals surface area contributed by atoms with Gasteiger partial charge in [-0.25, -0.2) is 9.59 Å². The van der Waals surface area contributed by atoms with E-state index in [9.17, 15) is 9.59 Å². The van der Waals surface area contributed by atoms with Gasteiger partial charge in [0.05, 0.1) is 18.8 Å². The number of carbonyl (C=O) groups is 2.